The third kappa shape index (κ3) is 0.800. The quantitative estimate of drug-likeness (QED) is 0.417. The van der Waals surface area contributed by atoms with Crippen LogP contribution in [0.5, 0.6) is 0 Å². The summed E-state index contributed by atoms with van der Waals surface area (Å²) in [6.45, 7) is 0. The van der Waals surface area contributed by atoms with Crippen LogP contribution in [-0.4, -0.2) is 25.0 Å². The van der Waals surface area contributed by atoms with E-state index in [1.807, 2.05) is 0 Å². The molecule has 2 rings (SSSR count). The number of fused-ring (bicyclic) bond motifs is 1. The van der Waals surface area contributed by atoms with Crippen molar-refractivity contribution in [1.29, 1.82) is 0 Å². The number of hydrogen-bond acceptors (Lipinski definition) is 6. The lowest BCUT2D eigenvalue weighted by atomic mass is 10.5. The lowest BCUT2D eigenvalue weighted by Gasteiger charge is -1.96. The van der Waals surface area contributed by atoms with Crippen molar-refractivity contribution in [2.24, 2.45) is 12.9 Å². The zero-order valence-electron chi connectivity index (χ0n) is 6.39. The minimum Gasteiger partial charge on any atom is -0.306 e. The van der Waals surface area contributed by atoms with Crippen molar-refractivity contribution in [2.45, 2.75) is 0 Å². The molecule has 0 fully saturated rings. The minimum absolute atomic E-state index is 0.480. The second kappa shape index (κ2) is 2.38. The van der Waals surface area contributed by atoms with Gasteiger partial charge in [-0.15, -0.1) is 5.10 Å². The number of rotatable bonds is 1. The average Bonchev–Trinajstić information content (AvgIpc) is 2.48. The molecule has 0 unspecified atom stereocenters. The highest BCUT2D eigenvalue weighted by atomic mass is 15.4. The summed E-state index contributed by atoms with van der Waals surface area (Å²) in [6, 6.07) is 0. The van der Waals surface area contributed by atoms with E-state index in [4.69, 9.17) is 5.84 Å². The molecule has 0 radical (unpaired) electrons. The number of aryl methyl sites for hydroxylation is 1. The molecule has 2 aromatic heterocycles. The van der Waals surface area contributed by atoms with Gasteiger partial charge >= 0.3 is 0 Å². The van der Waals surface area contributed by atoms with E-state index in [-0.39, 0.29) is 0 Å². The number of hydrogen-bond donors (Lipinski definition) is 2. The highest BCUT2D eigenvalue weighted by molar-refractivity contribution is 5.81. The Balaban J connectivity index is 2.81. The molecule has 0 aliphatic carbocycles. The zero-order valence-corrected chi connectivity index (χ0v) is 6.39. The SMILES string of the molecule is Cn1nnc2c(NN)ncnc21. The molecule has 7 heteroatoms. The molecule has 0 bridgehead atoms. The maximum atomic E-state index is 5.21. The van der Waals surface area contributed by atoms with Gasteiger partial charge in [-0.3, -0.25) is 0 Å². The van der Waals surface area contributed by atoms with Crippen molar-refractivity contribution in [2.75, 3.05) is 5.43 Å². The Morgan fingerprint density at radius 1 is 1.50 bits per heavy atom. The number of nitrogens with one attached hydrogen (secondary N) is 1. The molecule has 7 nitrogen and oxygen atoms in total. The second-order valence-corrected chi connectivity index (χ2v) is 2.25. The predicted octanol–water partition coefficient (Wildman–Crippen LogP) is -0.956. The predicted molar refractivity (Wildman–Crippen MR) is 41.9 cm³/mol. The van der Waals surface area contributed by atoms with Crippen molar-refractivity contribution < 1.29 is 0 Å². The molecule has 3 N–H and O–H groups in total. The smallest absolute Gasteiger partial charge is 0.183 e. The van der Waals surface area contributed by atoms with Crippen LogP contribution >= 0.6 is 0 Å². The van der Waals surface area contributed by atoms with Crippen molar-refractivity contribution >= 4 is 17.0 Å². The number of nitrogens with zero attached hydrogens (tertiary/aromatic N) is 5. The summed E-state index contributed by atoms with van der Waals surface area (Å²) in [6.07, 6.45) is 1.40. The monoisotopic (exact) mass is 165 g/mol. The molecule has 0 aromatic carbocycles. The Kier molecular flexibility index (Phi) is 1.37. The number of anilines is 1. The standard InChI is InChI=1S/C5H7N7/c1-12-5-3(10-11-12)4(9-6)7-2-8-5/h2H,6H2,1H3,(H,7,8,9). The summed E-state index contributed by atoms with van der Waals surface area (Å²) < 4.78 is 1.55. The molecule has 0 aliphatic rings. The van der Waals surface area contributed by atoms with Gasteiger partial charge in [0.05, 0.1) is 0 Å². The highest BCUT2D eigenvalue weighted by Gasteiger charge is 2.07. The van der Waals surface area contributed by atoms with Crippen LogP contribution in [0.2, 0.25) is 0 Å². The van der Waals surface area contributed by atoms with Gasteiger partial charge in [-0.05, 0) is 0 Å². The molecular weight excluding hydrogens is 158 g/mol. The number of nitrogen functional groups attached to an aromatic ring is 1. The summed E-state index contributed by atoms with van der Waals surface area (Å²) in [5, 5.41) is 7.61. The van der Waals surface area contributed by atoms with Crippen LogP contribution in [0, 0.1) is 0 Å². The molecule has 2 heterocycles. The van der Waals surface area contributed by atoms with Gasteiger partial charge in [-0.25, -0.2) is 20.5 Å². The molecule has 0 saturated heterocycles. The normalized spacial score (nSPS) is 10.5. The Labute approximate surface area is 67.6 Å². The molecule has 0 spiro atoms. The summed E-state index contributed by atoms with van der Waals surface area (Å²) in [4.78, 5) is 7.86. The fraction of sp³-hybridized carbons (Fsp3) is 0.200. The summed E-state index contributed by atoms with van der Waals surface area (Å²) in [7, 11) is 1.75. The number of hydrazine groups is 1. The maximum absolute atomic E-state index is 5.21. The molecule has 0 saturated carbocycles. The lowest BCUT2D eigenvalue weighted by molar-refractivity contribution is 0.729. The maximum Gasteiger partial charge on any atom is 0.183 e. The third-order valence-corrected chi connectivity index (χ3v) is 1.53. The Morgan fingerprint density at radius 2 is 2.33 bits per heavy atom. The minimum atomic E-state index is 0.480. The first kappa shape index (κ1) is 6.92. The van der Waals surface area contributed by atoms with Crippen LogP contribution in [0.3, 0.4) is 0 Å². The molecule has 0 atom stereocenters. The first-order valence-corrected chi connectivity index (χ1v) is 3.30. The topological polar surface area (TPSA) is 94.5 Å². The number of nitrogens with two attached hydrogens (primary N) is 1. The van der Waals surface area contributed by atoms with Gasteiger partial charge in [0.25, 0.3) is 0 Å². The van der Waals surface area contributed by atoms with Crippen LogP contribution in [0.25, 0.3) is 11.2 Å². The molecule has 2 aromatic rings. The van der Waals surface area contributed by atoms with Gasteiger partial charge in [0.15, 0.2) is 17.0 Å². The Hall–Kier alpha value is -1.76. The largest absolute Gasteiger partial charge is 0.306 e. The first-order valence-electron chi connectivity index (χ1n) is 3.30. The van der Waals surface area contributed by atoms with Crippen LogP contribution in [0.1, 0.15) is 0 Å². The van der Waals surface area contributed by atoms with E-state index in [0.717, 1.165) is 0 Å². The molecule has 12 heavy (non-hydrogen) atoms. The van der Waals surface area contributed by atoms with Gasteiger partial charge in [0.1, 0.15) is 6.33 Å². The molecule has 62 valence electrons. The van der Waals surface area contributed by atoms with Gasteiger partial charge in [0.2, 0.25) is 0 Å². The second-order valence-electron chi connectivity index (χ2n) is 2.25. The van der Waals surface area contributed by atoms with Crippen LogP contribution in [0.15, 0.2) is 6.33 Å². The Bertz CT molecular complexity index is 405. The van der Waals surface area contributed by atoms with E-state index in [9.17, 15) is 0 Å². The van der Waals surface area contributed by atoms with Crippen molar-refractivity contribution in [3.05, 3.63) is 6.33 Å². The zero-order chi connectivity index (χ0) is 8.55. The Morgan fingerprint density at radius 3 is 3.08 bits per heavy atom. The van der Waals surface area contributed by atoms with Crippen LogP contribution in [-0.2, 0) is 7.05 Å². The van der Waals surface area contributed by atoms with E-state index in [1.165, 1.54) is 6.33 Å². The van der Waals surface area contributed by atoms with E-state index in [2.05, 4.69) is 25.7 Å². The summed E-state index contributed by atoms with van der Waals surface area (Å²) in [5.74, 6) is 5.69. The van der Waals surface area contributed by atoms with Gasteiger partial charge in [-0.1, -0.05) is 5.21 Å². The van der Waals surface area contributed by atoms with Gasteiger partial charge in [0, 0.05) is 7.05 Å². The average molecular weight is 165 g/mol. The van der Waals surface area contributed by atoms with E-state index < -0.39 is 0 Å². The number of aromatic nitrogens is 5. The van der Waals surface area contributed by atoms with Crippen molar-refractivity contribution in [3.63, 3.8) is 0 Å². The molecule has 0 amide bonds. The lowest BCUT2D eigenvalue weighted by Crippen LogP contribution is -2.09. The van der Waals surface area contributed by atoms with E-state index >= 15 is 0 Å². The third-order valence-electron chi connectivity index (χ3n) is 1.53. The fourth-order valence-electron chi connectivity index (χ4n) is 0.958. The van der Waals surface area contributed by atoms with E-state index in [0.29, 0.717) is 17.0 Å². The first-order chi connectivity index (χ1) is 5.83. The molecule has 0 aliphatic heterocycles. The van der Waals surface area contributed by atoms with Gasteiger partial charge in [-0.2, -0.15) is 0 Å². The van der Waals surface area contributed by atoms with Crippen molar-refractivity contribution in [1.82, 2.24) is 25.0 Å². The van der Waals surface area contributed by atoms with Crippen LogP contribution in [0.4, 0.5) is 5.82 Å². The fourth-order valence-corrected chi connectivity index (χ4v) is 0.958. The highest BCUT2D eigenvalue weighted by Crippen LogP contribution is 2.12. The van der Waals surface area contributed by atoms with E-state index in [1.54, 1.807) is 11.7 Å². The van der Waals surface area contributed by atoms with Crippen LogP contribution < -0.4 is 11.3 Å². The van der Waals surface area contributed by atoms with Gasteiger partial charge < -0.3 is 5.43 Å². The summed E-state index contributed by atoms with van der Waals surface area (Å²) >= 11 is 0. The molecular formula is C5H7N7. The van der Waals surface area contributed by atoms with Crippen molar-refractivity contribution in [3.8, 4) is 0 Å². The summed E-state index contributed by atoms with van der Waals surface area (Å²) in [5.41, 5.74) is 3.64.